The topological polar surface area (TPSA) is 83.6 Å². The Bertz CT molecular complexity index is 532. The minimum Gasteiger partial charge on any atom is -0.398 e. The molecule has 1 aromatic carbocycles. The van der Waals surface area contributed by atoms with Crippen molar-refractivity contribution in [2.45, 2.75) is 17.4 Å². The smallest absolute Gasteiger partial charge is 0.245 e. The van der Waals surface area contributed by atoms with E-state index < -0.39 is 16.1 Å². The number of aliphatic hydroxyl groups is 1. The third kappa shape index (κ3) is 2.47. The Balaban J connectivity index is 2.41. The molecule has 3 N–H and O–H groups in total. The molecule has 0 radical (unpaired) electrons. The van der Waals surface area contributed by atoms with Crippen molar-refractivity contribution in [3.63, 3.8) is 0 Å². The van der Waals surface area contributed by atoms with Crippen molar-refractivity contribution in [3.05, 3.63) is 22.7 Å². The van der Waals surface area contributed by atoms with Gasteiger partial charge in [0.25, 0.3) is 0 Å². The lowest BCUT2D eigenvalue weighted by molar-refractivity contribution is 0.189. The molecule has 0 spiro atoms. The molecule has 0 aromatic heterocycles. The van der Waals surface area contributed by atoms with Crippen LogP contribution in [0.3, 0.4) is 0 Å². The van der Waals surface area contributed by atoms with E-state index in [1.54, 1.807) is 12.1 Å². The number of nitrogens with zero attached hydrogens (tertiary/aromatic N) is 1. The van der Waals surface area contributed by atoms with E-state index in [0.29, 0.717) is 17.4 Å². The number of β-amino-alcohol motifs (C(OH)–C–C–N with tert-alkyl or cyclic N) is 1. The predicted octanol–water partition coefficient (Wildman–Crippen LogP) is 0.787. The quantitative estimate of drug-likeness (QED) is 0.789. The van der Waals surface area contributed by atoms with Crippen molar-refractivity contribution in [2.75, 3.05) is 18.8 Å². The molecule has 0 amide bonds. The second-order valence-corrected chi connectivity index (χ2v) is 6.81. The van der Waals surface area contributed by atoms with Crippen LogP contribution in [0.25, 0.3) is 0 Å². The molecule has 1 atom stereocenters. The molecule has 1 heterocycles. The molecule has 17 heavy (non-hydrogen) atoms. The van der Waals surface area contributed by atoms with Gasteiger partial charge in [-0.25, -0.2) is 8.42 Å². The zero-order valence-corrected chi connectivity index (χ0v) is 11.4. The number of benzene rings is 1. The lowest BCUT2D eigenvalue weighted by atomic mass is 10.3. The zero-order chi connectivity index (χ0) is 12.6. The van der Waals surface area contributed by atoms with Gasteiger partial charge in [0.2, 0.25) is 10.0 Å². The van der Waals surface area contributed by atoms with Crippen molar-refractivity contribution < 1.29 is 13.5 Å². The van der Waals surface area contributed by atoms with Gasteiger partial charge in [-0.05, 0) is 24.6 Å². The molecule has 1 aromatic rings. The molecule has 5 nitrogen and oxygen atoms in total. The molecule has 0 aliphatic carbocycles. The van der Waals surface area contributed by atoms with Crippen molar-refractivity contribution >= 4 is 31.6 Å². The van der Waals surface area contributed by atoms with Crippen molar-refractivity contribution in [2.24, 2.45) is 0 Å². The Morgan fingerprint density at radius 3 is 2.76 bits per heavy atom. The van der Waals surface area contributed by atoms with Crippen LogP contribution < -0.4 is 5.73 Å². The molecule has 1 aliphatic rings. The van der Waals surface area contributed by atoms with Gasteiger partial charge in [-0.3, -0.25) is 0 Å². The summed E-state index contributed by atoms with van der Waals surface area (Å²) in [5.41, 5.74) is 5.91. The maximum atomic E-state index is 12.3. The maximum absolute atomic E-state index is 12.3. The average Bonchev–Trinajstić information content (AvgIpc) is 2.69. The summed E-state index contributed by atoms with van der Waals surface area (Å²) in [6, 6.07) is 4.71. The van der Waals surface area contributed by atoms with E-state index in [-0.39, 0.29) is 17.1 Å². The molecule has 94 valence electrons. The van der Waals surface area contributed by atoms with Gasteiger partial charge in [-0.1, -0.05) is 15.9 Å². The number of hydrogen-bond donors (Lipinski definition) is 2. The van der Waals surface area contributed by atoms with Crippen LogP contribution in [0.15, 0.2) is 27.6 Å². The van der Waals surface area contributed by atoms with Gasteiger partial charge >= 0.3 is 0 Å². The lowest BCUT2D eigenvalue weighted by Gasteiger charge is -2.17. The number of anilines is 1. The molecule has 1 fully saturated rings. The minimum atomic E-state index is -3.61. The fourth-order valence-electron chi connectivity index (χ4n) is 1.80. The first kappa shape index (κ1) is 12.8. The molecular weight excluding hydrogens is 308 g/mol. The second-order valence-electron chi connectivity index (χ2n) is 3.99. The van der Waals surface area contributed by atoms with Gasteiger partial charge in [-0.15, -0.1) is 0 Å². The molecule has 0 bridgehead atoms. The number of sulfonamides is 1. The highest BCUT2D eigenvalue weighted by molar-refractivity contribution is 9.10. The largest absolute Gasteiger partial charge is 0.398 e. The Morgan fingerprint density at radius 2 is 2.18 bits per heavy atom. The summed E-state index contributed by atoms with van der Waals surface area (Å²) < 4.78 is 26.5. The number of nitrogens with two attached hydrogens (primary N) is 1. The first-order chi connectivity index (χ1) is 7.91. The van der Waals surface area contributed by atoms with Crippen LogP contribution in [0.5, 0.6) is 0 Å². The molecule has 1 saturated heterocycles. The van der Waals surface area contributed by atoms with E-state index in [1.807, 2.05) is 0 Å². The lowest BCUT2D eigenvalue weighted by Crippen LogP contribution is -2.30. The summed E-state index contributed by atoms with van der Waals surface area (Å²) in [6.45, 7) is 0.462. The molecular formula is C10H13BrN2O3S. The summed E-state index contributed by atoms with van der Waals surface area (Å²) in [7, 11) is -3.61. The normalized spacial score (nSPS) is 21.9. The summed E-state index contributed by atoms with van der Waals surface area (Å²) in [4.78, 5) is 0.0842. The van der Waals surface area contributed by atoms with Gasteiger partial charge in [0.15, 0.2) is 0 Å². The summed E-state index contributed by atoms with van der Waals surface area (Å²) in [5, 5.41) is 9.39. The monoisotopic (exact) mass is 320 g/mol. The first-order valence-corrected chi connectivity index (χ1v) is 7.38. The van der Waals surface area contributed by atoms with E-state index in [2.05, 4.69) is 15.9 Å². The average molecular weight is 321 g/mol. The Morgan fingerprint density at radius 1 is 1.47 bits per heavy atom. The van der Waals surface area contributed by atoms with Crippen LogP contribution >= 0.6 is 15.9 Å². The number of hydrogen-bond acceptors (Lipinski definition) is 4. The number of rotatable bonds is 2. The van der Waals surface area contributed by atoms with Crippen LogP contribution in [-0.2, 0) is 10.0 Å². The standard InChI is InChI=1S/C10H13BrN2O3S/c11-7-1-2-9(12)10(5-7)17(15,16)13-4-3-8(14)6-13/h1-2,5,8,14H,3-4,6,12H2/t8-/m0/s1. The van der Waals surface area contributed by atoms with E-state index >= 15 is 0 Å². The highest BCUT2D eigenvalue weighted by Gasteiger charge is 2.32. The SMILES string of the molecule is Nc1ccc(Br)cc1S(=O)(=O)N1CC[C@H](O)C1. The molecule has 1 aliphatic heterocycles. The van der Waals surface area contributed by atoms with Crippen LogP contribution in [0.4, 0.5) is 5.69 Å². The van der Waals surface area contributed by atoms with Gasteiger partial charge in [-0.2, -0.15) is 4.31 Å². The van der Waals surface area contributed by atoms with Gasteiger partial charge < -0.3 is 10.8 Å². The van der Waals surface area contributed by atoms with E-state index in [9.17, 15) is 13.5 Å². The molecule has 2 rings (SSSR count). The molecule has 7 heteroatoms. The van der Waals surface area contributed by atoms with Crippen LogP contribution in [0.1, 0.15) is 6.42 Å². The fourth-order valence-corrected chi connectivity index (χ4v) is 3.95. The summed E-state index contributed by atoms with van der Waals surface area (Å²) >= 11 is 3.22. The zero-order valence-electron chi connectivity index (χ0n) is 9.01. The number of halogens is 1. The third-order valence-electron chi connectivity index (χ3n) is 2.72. The van der Waals surface area contributed by atoms with Gasteiger partial charge in [0.1, 0.15) is 4.90 Å². The highest BCUT2D eigenvalue weighted by atomic mass is 79.9. The van der Waals surface area contributed by atoms with E-state index in [4.69, 9.17) is 5.73 Å². The Hall–Kier alpha value is -0.630. The van der Waals surface area contributed by atoms with E-state index in [0.717, 1.165) is 0 Å². The first-order valence-electron chi connectivity index (χ1n) is 5.14. The van der Waals surface area contributed by atoms with Gasteiger partial charge in [0, 0.05) is 17.6 Å². The number of aliphatic hydroxyl groups excluding tert-OH is 1. The number of nitrogen functional groups attached to an aromatic ring is 1. The Kier molecular flexibility index (Phi) is 3.44. The summed E-state index contributed by atoms with van der Waals surface area (Å²) in [5.74, 6) is 0. The van der Waals surface area contributed by atoms with Gasteiger partial charge in [0.05, 0.1) is 11.8 Å². The second kappa shape index (κ2) is 4.56. The van der Waals surface area contributed by atoms with Crippen molar-refractivity contribution in [1.29, 1.82) is 0 Å². The third-order valence-corrected chi connectivity index (χ3v) is 5.13. The molecule has 0 saturated carbocycles. The highest BCUT2D eigenvalue weighted by Crippen LogP contribution is 2.28. The Labute approximate surface area is 108 Å². The van der Waals surface area contributed by atoms with Crippen LogP contribution in [0.2, 0.25) is 0 Å². The maximum Gasteiger partial charge on any atom is 0.245 e. The minimum absolute atomic E-state index is 0.0842. The fraction of sp³-hybridized carbons (Fsp3) is 0.400. The van der Waals surface area contributed by atoms with E-state index in [1.165, 1.54) is 10.4 Å². The summed E-state index contributed by atoms with van der Waals surface area (Å²) in [6.07, 6.45) is -0.120. The predicted molar refractivity (Wildman–Crippen MR) is 67.9 cm³/mol. The van der Waals surface area contributed by atoms with Crippen molar-refractivity contribution in [1.82, 2.24) is 4.31 Å². The molecule has 0 unspecified atom stereocenters. The van der Waals surface area contributed by atoms with Crippen molar-refractivity contribution in [3.8, 4) is 0 Å². The van der Waals surface area contributed by atoms with Crippen LogP contribution in [-0.4, -0.2) is 37.0 Å². The van der Waals surface area contributed by atoms with Crippen LogP contribution in [0, 0.1) is 0 Å².